The van der Waals surface area contributed by atoms with Gasteiger partial charge in [-0.25, -0.2) is 0 Å². The first-order valence-electron chi connectivity index (χ1n) is 7.57. The Balaban J connectivity index is 2.03. The Bertz CT molecular complexity index is 239. The molecule has 0 aromatic rings. The topological polar surface area (TPSA) is 15.3 Å². The van der Waals surface area contributed by atoms with Crippen LogP contribution < -0.4 is 5.32 Å². The summed E-state index contributed by atoms with van der Waals surface area (Å²) in [6.45, 7) is 11.9. The number of nitrogens with zero attached hydrogens (tertiary/aromatic N) is 1. The van der Waals surface area contributed by atoms with Crippen molar-refractivity contribution in [3.8, 4) is 0 Å². The summed E-state index contributed by atoms with van der Waals surface area (Å²) >= 11 is 0. The molecule has 0 aromatic carbocycles. The third-order valence-electron chi connectivity index (χ3n) is 4.73. The molecule has 2 heteroatoms. The van der Waals surface area contributed by atoms with Gasteiger partial charge in [-0.2, -0.15) is 0 Å². The lowest BCUT2D eigenvalue weighted by Crippen LogP contribution is -2.60. The van der Waals surface area contributed by atoms with Crippen molar-refractivity contribution in [1.29, 1.82) is 0 Å². The largest absolute Gasteiger partial charge is 0.311 e. The van der Waals surface area contributed by atoms with Crippen LogP contribution in [0.5, 0.6) is 0 Å². The maximum absolute atomic E-state index is 3.65. The van der Waals surface area contributed by atoms with E-state index in [9.17, 15) is 0 Å². The van der Waals surface area contributed by atoms with Crippen molar-refractivity contribution in [3.63, 3.8) is 0 Å². The lowest BCUT2D eigenvalue weighted by Gasteiger charge is -2.47. The van der Waals surface area contributed by atoms with E-state index in [1.165, 1.54) is 38.8 Å². The van der Waals surface area contributed by atoms with Gasteiger partial charge in [0.25, 0.3) is 0 Å². The standard InChI is InChI=1S/C15H30N2/c1-11(2)15-9-16-13(4)10-17(15)14-7-5-6-12(3)8-14/h11-16H,5-10H2,1-4H3. The highest BCUT2D eigenvalue weighted by Crippen LogP contribution is 2.30. The predicted octanol–water partition coefficient (Wildman–Crippen LogP) is 2.88. The third kappa shape index (κ3) is 3.23. The number of hydrogen-bond donors (Lipinski definition) is 1. The van der Waals surface area contributed by atoms with Gasteiger partial charge in [0.05, 0.1) is 0 Å². The second-order valence-corrected chi connectivity index (χ2v) is 6.74. The first kappa shape index (κ1) is 13.4. The van der Waals surface area contributed by atoms with Gasteiger partial charge in [-0.15, -0.1) is 0 Å². The minimum absolute atomic E-state index is 0.669. The number of rotatable bonds is 2. The molecule has 0 aromatic heterocycles. The van der Waals surface area contributed by atoms with Crippen LogP contribution in [0.15, 0.2) is 0 Å². The summed E-state index contributed by atoms with van der Waals surface area (Å²) in [6.07, 6.45) is 5.75. The average molecular weight is 238 g/mol. The van der Waals surface area contributed by atoms with E-state index in [0.717, 1.165) is 23.9 Å². The summed E-state index contributed by atoms with van der Waals surface area (Å²) < 4.78 is 0. The number of nitrogens with one attached hydrogen (secondary N) is 1. The molecule has 4 unspecified atom stereocenters. The van der Waals surface area contributed by atoms with Gasteiger partial charge in [0, 0.05) is 31.2 Å². The number of hydrogen-bond acceptors (Lipinski definition) is 2. The van der Waals surface area contributed by atoms with Crippen molar-refractivity contribution in [1.82, 2.24) is 10.2 Å². The van der Waals surface area contributed by atoms with Crippen molar-refractivity contribution in [2.45, 2.75) is 71.5 Å². The molecule has 1 N–H and O–H groups in total. The molecular formula is C15H30N2. The molecule has 1 saturated heterocycles. The van der Waals surface area contributed by atoms with Crippen molar-refractivity contribution in [2.24, 2.45) is 11.8 Å². The lowest BCUT2D eigenvalue weighted by molar-refractivity contribution is 0.0333. The molecular weight excluding hydrogens is 208 g/mol. The Morgan fingerprint density at radius 2 is 1.94 bits per heavy atom. The zero-order chi connectivity index (χ0) is 12.4. The van der Waals surface area contributed by atoms with E-state index < -0.39 is 0 Å². The van der Waals surface area contributed by atoms with Gasteiger partial charge in [-0.3, -0.25) is 4.90 Å². The molecule has 1 aliphatic heterocycles. The van der Waals surface area contributed by atoms with E-state index >= 15 is 0 Å². The van der Waals surface area contributed by atoms with Crippen LogP contribution in [0.2, 0.25) is 0 Å². The molecule has 2 fully saturated rings. The van der Waals surface area contributed by atoms with Gasteiger partial charge in [0.2, 0.25) is 0 Å². The maximum Gasteiger partial charge on any atom is 0.0247 e. The van der Waals surface area contributed by atoms with Crippen LogP contribution in [-0.2, 0) is 0 Å². The molecule has 2 nitrogen and oxygen atoms in total. The fourth-order valence-corrected chi connectivity index (χ4v) is 3.70. The fourth-order valence-electron chi connectivity index (χ4n) is 3.70. The van der Waals surface area contributed by atoms with Crippen LogP contribution in [-0.4, -0.2) is 36.1 Å². The summed E-state index contributed by atoms with van der Waals surface area (Å²) in [5.74, 6) is 1.71. The second-order valence-electron chi connectivity index (χ2n) is 6.74. The summed E-state index contributed by atoms with van der Waals surface area (Å²) in [6, 6.07) is 2.28. The first-order valence-corrected chi connectivity index (χ1v) is 7.57. The Kier molecular flexibility index (Phi) is 4.48. The van der Waals surface area contributed by atoms with Gasteiger partial charge < -0.3 is 5.32 Å². The third-order valence-corrected chi connectivity index (χ3v) is 4.73. The highest BCUT2D eigenvalue weighted by molar-refractivity contribution is 4.91. The van der Waals surface area contributed by atoms with Crippen LogP contribution in [0.4, 0.5) is 0 Å². The van der Waals surface area contributed by atoms with Crippen molar-refractivity contribution in [3.05, 3.63) is 0 Å². The SMILES string of the molecule is CC1CCCC(N2CC(C)NCC2C(C)C)C1. The van der Waals surface area contributed by atoms with E-state index in [1.807, 2.05) is 0 Å². The van der Waals surface area contributed by atoms with Gasteiger partial charge in [0.1, 0.15) is 0 Å². The van der Waals surface area contributed by atoms with E-state index in [1.54, 1.807) is 0 Å². The van der Waals surface area contributed by atoms with Gasteiger partial charge in [-0.05, 0) is 31.6 Å². The van der Waals surface area contributed by atoms with Crippen LogP contribution >= 0.6 is 0 Å². The predicted molar refractivity (Wildman–Crippen MR) is 74.2 cm³/mol. The highest BCUT2D eigenvalue weighted by Gasteiger charge is 2.34. The molecule has 100 valence electrons. The Morgan fingerprint density at radius 3 is 2.59 bits per heavy atom. The summed E-state index contributed by atoms with van der Waals surface area (Å²) in [5.41, 5.74) is 0. The molecule has 1 saturated carbocycles. The highest BCUT2D eigenvalue weighted by atomic mass is 15.3. The van der Waals surface area contributed by atoms with Crippen LogP contribution in [0.25, 0.3) is 0 Å². The molecule has 0 radical (unpaired) electrons. The molecule has 0 bridgehead atoms. The van der Waals surface area contributed by atoms with Crippen molar-refractivity contribution in [2.75, 3.05) is 13.1 Å². The van der Waals surface area contributed by atoms with Gasteiger partial charge in [-0.1, -0.05) is 33.6 Å². The second kappa shape index (κ2) is 5.71. The van der Waals surface area contributed by atoms with E-state index in [4.69, 9.17) is 0 Å². The van der Waals surface area contributed by atoms with Crippen molar-refractivity contribution >= 4 is 0 Å². The quantitative estimate of drug-likeness (QED) is 0.796. The molecule has 17 heavy (non-hydrogen) atoms. The van der Waals surface area contributed by atoms with Crippen LogP contribution in [0.1, 0.15) is 53.4 Å². The lowest BCUT2D eigenvalue weighted by atomic mass is 9.84. The van der Waals surface area contributed by atoms with Gasteiger partial charge in [0.15, 0.2) is 0 Å². The Hall–Kier alpha value is -0.0800. The Labute approximate surface area is 107 Å². The monoisotopic (exact) mass is 238 g/mol. The molecule has 4 atom stereocenters. The molecule has 0 spiro atoms. The average Bonchev–Trinajstić information content (AvgIpc) is 2.28. The van der Waals surface area contributed by atoms with E-state index in [2.05, 4.69) is 37.9 Å². The minimum Gasteiger partial charge on any atom is -0.311 e. The molecule has 1 aliphatic carbocycles. The molecule has 2 rings (SSSR count). The fraction of sp³-hybridized carbons (Fsp3) is 1.00. The van der Waals surface area contributed by atoms with Crippen molar-refractivity contribution < 1.29 is 0 Å². The maximum atomic E-state index is 3.65. The van der Waals surface area contributed by atoms with E-state index in [-0.39, 0.29) is 0 Å². The summed E-state index contributed by atoms with van der Waals surface area (Å²) in [4.78, 5) is 2.83. The minimum atomic E-state index is 0.669. The normalized spacial score (nSPS) is 40.8. The zero-order valence-corrected chi connectivity index (χ0v) is 12.1. The van der Waals surface area contributed by atoms with E-state index in [0.29, 0.717) is 6.04 Å². The van der Waals surface area contributed by atoms with Crippen LogP contribution in [0.3, 0.4) is 0 Å². The summed E-state index contributed by atoms with van der Waals surface area (Å²) in [7, 11) is 0. The molecule has 1 heterocycles. The first-order chi connectivity index (χ1) is 8.08. The smallest absolute Gasteiger partial charge is 0.0247 e. The molecule has 0 amide bonds. The van der Waals surface area contributed by atoms with Gasteiger partial charge >= 0.3 is 0 Å². The summed E-state index contributed by atoms with van der Waals surface area (Å²) in [5, 5.41) is 3.65. The van der Waals surface area contributed by atoms with Crippen LogP contribution in [0, 0.1) is 11.8 Å². The Morgan fingerprint density at radius 1 is 1.18 bits per heavy atom. The molecule has 2 aliphatic rings. The number of piperazine rings is 1. The zero-order valence-electron chi connectivity index (χ0n) is 12.1.